The first-order valence-electron chi connectivity index (χ1n) is 8.26. The first kappa shape index (κ1) is 19.1. The number of aryl methyl sites for hydroxylation is 1. The maximum atomic E-state index is 12.5. The van der Waals surface area contributed by atoms with Gasteiger partial charge in [-0.05, 0) is 43.7 Å². The average molecular weight is 403 g/mol. The standard InChI is InChI=1S/C18H17N3O4S2/c1-9-10(2)27-17(21-15(23)11-3-4-11)14(9)18(24)25-8-13(22)20-16-12(7-19)5-6-26-16/h5-6,11H,3-4,8H2,1-2H3,(H,20,22)(H,21,23). The van der Waals surface area contributed by atoms with Crippen LogP contribution in [0.3, 0.4) is 0 Å². The van der Waals surface area contributed by atoms with E-state index in [0.717, 1.165) is 23.3 Å². The Morgan fingerprint density at radius 2 is 2.00 bits per heavy atom. The van der Waals surface area contributed by atoms with Gasteiger partial charge in [0, 0.05) is 10.8 Å². The topological polar surface area (TPSA) is 108 Å². The van der Waals surface area contributed by atoms with Crippen molar-refractivity contribution >= 4 is 50.5 Å². The van der Waals surface area contributed by atoms with Crippen molar-refractivity contribution < 1.29 is 19.1 Å². The fourth-order valence-electron chi connectivity index (χ4n) is 2.38. The molecule has 2 aromatic heterocycles. The number of nitrogens with one attached hydrogen (secondary N) is 2. The van der Waals surface area contributed by atoms with Crippen LogP contribution in [0.5, 0.6) is 0 Å². The molecule has 1 fully saturated rings. The number of esters is 1. The Morgan fingerprint density at radius 1 is 1.26 bits per heavy atom. The van der Waals surface area contributed by atoms with Crippen LogP contribution in [0.15, 0.2) is 11.4 Å². The van der Waals surface area contributed by atoms with Crippen LogP contribution in [-0.2, 0) is 14.3 Å². The molecule has 0 spiro atoms. The van der Waals surface area contributed by atoms with Crippen molar-refractivity contribution in [2.24, 2.45) is 5.92 Å². The van der Waals surface area contributed by atoms with Gasteiger partial charge in [-0.15, -0.1) is 22.7 Å². The van der Waals surface area contributed by atoms with E-state index in [1.54, 1.807) is 18.4 Å². The lowest BCUT2D eigenvalue weighted by molar-refractivity contribution is -0.119. The molecule has 2 aromatic rings. The number of nitriles is 1. The smallest absolute Gasteiger partial charge is 0.341 e. The summed E-state index contributed by atoms with van der Waals surface area (Å²) in [5, 5.41) is 16.9. The van der Waals surface area contributed by atoms with Crippen molar-refractivity contribution in [1.82, 2.24) is 0 Å². The van der Waals surface area contributed by atoms with Crippen LogP contribution in [0.2, 0.25) is 0 Å². The number of thiophene rings is 2. The van der Waals surface area contributed by atoms with Crippen molar-refractivity contribution in [3.63, 3.8) is 0 Å². The molecule has 27 heavy (non-hydrogen) atoms. The van der Waals surface area contributed by atoms with Crippen LogP contribution in [-0.4, -0.2) is 24.4 Å². The molecular formula is C18H17N3O4S2. The fraction of sp³-hybridized carbons (Fsp3) is 0.333. The number of hydrogen-bond acceptors (Lipinski definition) is 7. The zero-order valence-corrected chi connectivity index (χ0v) is 16.4. The van der Waals surface area contributed by atoms with E-state index >= 15 is 0 Å². The van der Waals surface area contributed by atoms with Crippen LogP contribution in [0.25, 0.3) is 0 Å². The lowest BCUT2D eigenvalue weighted by Gasteiger charge is -2.08. The minimum absolute atomic E-state index is 0.0162. The van der Waals surface area contributed by atoms with Gasteiger partial charge in [0.15, 0.2) is 6.61 Å². The highest BCUT2D eigenvalue weighted by Gasteiger charge is 2.31. The number of rotatable bonds is 6. The third-order valence-corrected chi connectivity index (χ3v) is 6.10. The summed E-state index contributed by atoms with van der Waals surface area (Å²) in [7, 11) is 0. The Kier molecular flexibility index (Phi) is 5.58. The van der Waals surface area contributed by atoms with E-state index in [4.69, 9.17) is 10.00 Å². The lowest BCUT2D eigenvalue weighted by Crippen LogP contribution is -2.22. The van der Waals surface area contributed by atoms with Gasteiger partial charge in [0.2, 0.25) is 5.91 Å². The summed E-state index contributed by atoms with van der Waals surface area (Å²) in [4.78, 5) is 37.4. The first-order valence-corrected chi connectivity index (χ1v) is 9.95. The fourth-order valence-corrected chi connectivity index (χ4v) is 4.19. The molecule has 140 valence electrons. The third kappa shape index (κ3) is 4.35. The van der Waals surface area contributed by atoms with Crippen molar-refractivity contribution in [2.75, 3.05) is 17.2 Å². The van der Waals surface area contributed by atoms with Gasteiger partial charge in [0.1, 0.15) is 16.1 Å². The molecule has 2 N–H and O–H groups in total. The number of amides is 2. The van der Waals surface area contributed by atoms with Gasteiger partial charge in [0.25, 0.3) is 5.91 Å². The lowest BCUT2D eigenvalue weighted by atomic mass is 10.1. The zero-order valence-electron chi connectivity index (χ0n) is 14.8. The van der Waals surface area contributed by atoms with Crippen LogP contribution in [0.1, 0.15) is 39.2 Å². The summed E-state index contributed by atoms with van der Waals surface area (Å²) < 4.78 is 5.13. The Morgan fingerprint density at radius 3 is 2.67 bits per heavy atom. The van der Waals surface area contributed by atoms with E-state index in [1.807, 2.05) is 13.0 Å². The summed E-state index contributed by atoms with van der Waals surface area (Å²) in [6, 6.07) is 3.57. The monoisotopic (exact) mass is 403 g/mol. The Bertz CT molecular complexity index is 950. The van der Waals surface area contributed by atoms with E-state index in [2.05, 4.69) is 10.6 Å². The largest absolute Gasteiger partial charge is 0.452 e. The van der Waals surface area contributed by atoms with Crippen molar-refractivity contribution in [3.05, 3.63) is 33.0 Å². The molecule has 1 saturated carbocycles. The van der Waals surface area contributed by atoms with E-state index in [1.165, 1.54) is 22.7 Å². The molecule has 0 atom stereocenters. The molecule has 0 bridgehead atoms. The second kappa shape index (κ2) is 7.90. The minimum atomic E-state index is -0.662. The number of hydrogen-bond donors (Lipinski definition) is 2. The number of carbonyl (C=O) groups is 3. The molecule has 0 saturated heterocycles. The average Bonchev–Trinajstić information content (AvgIpc) is 3.33. The third-order valence-electron chi connectivity index (χ3n) is 4.15. The number of ether oxygens (including phenoxy) is 1. The van der Waals surface area contributed by atoms with Crippen LogP contribution >= 0.6 is 22.7 Å². The maximum Gasteiger partial charge on any atom is 0.341 e. The van der Waals surface area contributed by atoms with Gasteiger partial charge < -0.3 is 15.4 Å². The number of anilines is 2. The van der Waals surface area contributed by atoms with Gasteiger partial charge in [-0.25, -0.2) is 4.79 Å². The van der Waals surface area contributed by atoms with Crippen molar-refractivity contribution in [3.8, 4) is 6.07 Å². The highest BCUT2D eigenvalue weighted by molar-refractivity contribution is 7.16. The number of nitrogens with zero attached hydrogens (tertiary/aromatic N) is 1. The molecule has 0 aromatic carbocycles. The molecule has 1 aliphatic carbocycles. The molecule has 7 nitrogen and oxygen atoms in total. The second-order valence-corrected chi connectivity index (χ2v) is 8.29. The molecule has 3 rings (SSSR count). The highest BCUT2D eigenvalue weighted by atomic mass is 32.1. The van der Waals surface area contributed by atoms with E-state index < -0.39 is 18.5 Å². The summed E-state index contributed by atoms with van der Waals surface area (Å²) in [6.07, 6.45) is 1.73. The normalized spacial score (nSPS) is 12.9. The van der Waals surface area contributed by atoms with E-state index in [9.17, 15) is 14.4 Å². The van der Waals surface area contributed by atoms with Crippen molar-refractivity contribution in [1.29, 1.82) is 5.26 Å². The molecule has 2 amide bonds. The van der Waals surface area contributed by atoms with Crippen LogP contribution < -0.4 is 10.6 Å². The molecule has 2 heterocycles. The van der Waals surface area contributed by atoms with E-state index in [-0.39, 0.29) is 17.4 Å². The van der Waals surface area contributed by atoms with Gasteiger partial charge in [-0.3, -0.25) is 9.59 Å². The molecule has 0 aliphatic heterocycles. The van der Waals surface area contributed by atoms with Gasteiger partial charge in [-0.2, -0.15) is 5.26 Å². The summed E-state index contributed by atoms with van der Waals surface area (Å²) in [6.45, 7) is 3.16. The summed E-state index contributed by atoms with van der Waals surface area (Å²) in [5.41, 5.74) is 1.36. The van der Waals surface area contributed by atoms with Gasteiger partial charge in [0.05, 0.1) is 11.1 Å². The molecule has 9 heteroatoms. The summed E-state index contributed by atoms with van der Waals surface area (Å²) >= 11 is 2.53. The molecular weight excluding hydrogens is 386 g/mol. The molecule has 1 aliphatic rings. The van der Waals surface area contributed by atoms with E-state index in [0.29, 0.717) is 15.6 Å². The Hall–Kier alpha value is -2.70. The maximum absolute atomic E-state index is 12.5. The molecule has 0 unspecified atom stereocenters. The SMILES string of the molecule is Cc1sc(NC(=O)C2CC2)c(C(=O)OCC(=O)Nc2sccc2C#N)c1C. The van der Waals surface area contributed by atoms with Gasteiger partial charge >= 0.3 is 5.97 Å². The van der Waals surface area contributed by atoms with Gasteiger partial charge in [-0.1, -0.05) is 0 Å². The second-order valence-electron chi connectivity index (χ2n) is 6.15. The number of carbonyl (C=O) groups excluding carboxylic acids is 3. The van der Waals surface area contributed by atoms with Crippen LogP contribution in [0.4, 0.5) is 10.0 Å². The summed E-state index contributed by atoms with van der Waals surface area (Å²) in [5.74, 6) is -1.27. The predicted molar refractivity (Wildman–Crippen MR) is 103 cm³/mol. The zero-order chi connectivity index (χ0) is 19.6. The van der Waals surface area contributed by atoms with Crippen molar-refractivity contribution in [2.45, 2.75) is 26.7 Å². The Balaban J connectivity index is 1.64. The predicted octanol–water partition coefficient (Wildman–Crippen LogP) is 3.44. The molecule has 0 radical (unpaired) electrons. The van der Waals surface area contributed by atoms with Crippen LogP contribution in [0, 0.1) is 31.1 Å². The minimum Gasteiger partial charge on any atom is -0.452 e. The highest BCUT2D eigenvalue weighted by Crippen LogP contribution is 2.36. The first-order chi connectivity index (χ1) is 12.9. The Labute approximate surface area is 164 Å². The quantitative estimate of drug-likeness (QED) is 0.718.